The van der Waals surface area contributed by atoms with Gasteiger partial charge in [-0.05, 0) is 36.1 Å². The van der Waals surface area contributed by atoms with Crippen molar-refractivity contribution >= 4 is 23.9 Å². The molecule has 3 rings (SSSR count). The molecule has 0 bridgehead atoms. The van der Waals surface area contributed by atoms with E-state index >= 15 is 0 Å². The summed E-state index contributed by atoms with van der Waals surface area (Å²) in [5.74, 6) is -2.77. The Balaban J connectivity index is 1.68. The first kappa shape index (κ1) is 24.8. The molecule has 34 heavy (non-hydrogen) atoms. The fourth-order valence-corrected chi connectivity index (χ4v) is 4.09. The average molecular weight is 469 g/mol. The molecule has 2 amide bonds. The van der Waals surface area contributed by atoms with Gasteiger partial charge in [-0.2, -0.15) is 0 Å². The fraction of sp³-hybridized carbons (Fsp3) is 0.360. The van der Waals surface area contributed by atoms with Crippen LogP contribution in [0.3, 0.4) is 0 Å². The molecule has 0 saturated carbocycles. The Kier molecular flexibility index (Phi) is 8.24. The molecule has 1 aliphatic carbocycles. The number of hydrogen-bond donors (Lipinski definition) is 2. The van der Waals surface area contributed by atoms with Crippen LogP contribution in [0.2, 0.25) is 0 Å². The Morgan fingerprint density at radius 3 is 2.09 bits per heavy atom. The molecule has 2 aromatic rings. The third kappa shape index (κ3) is 5.72. The fourth-order valence-electron chi connectivity index (χ4n) is 4.09. The van der Waals surface area contributed by atoms with Crippen LogP contribution in [0.4, 0.5) is 4.79 Å². The largest absolute Gasteiger partial charge is 0.481 e. The van der Waals surface area contributed by atoms with Crippen LogP contribution in [0.15, 0.2) is 48.5 Å². The van der Waals surface area contributed by atoms with Crippen LogP contribution in [0, 0.1) is 0 Å². The number of alkyl carbamates (subject to hydrolysis) is 1. The third-order valence-electron chi connectivity index (χ3n) is 5.63. The number of hydrogen-bond acceptors (Lipinski definition) is 6. The zero-order valence-corrected chi connectivity index (χ0v) is 19.2. The van der Waals surface area contributed by atoms with Crippen molar-refractivity contribution in [3.05, 3.63) is 59.7 Å². The van der Waals surface area contributed by atoms with Crippen molar-refractivity contribution in [3.63, 3.8) is 0 Å². The number of rotatable bonds is 10. The number of amides is 2. The van der Waals surface area contributed by atoms with Gasteiger partial charge in [0.2, 0.25) is 5.91 Å². The number of carbonyl (C=O) groups is 4. The summed E-state index contributed by atoms with van der Waals surface area (Å²) >= 11 is 0. The van der Waals surface area contributed by atoms with Gasteiger partial charge >= 0.3 is 18.0 Å². The van der Waals surface area contributed by atoms with Crippen LogP contribution in [0.25, 0.3) is 11.1 Å². The summed E-state index contributed by atoms with van der Waals surface area (Å²) in [5.41, 5.74) is 4.20. The normalized spacial score (nSPS) is 12.8. The number of nitrogens with zero attached hydrogens (tertiary/aromatic N) is 1. The molecule has 9 nitrogen and oxygen atoms in total. The van der Waals surface area contributed by atoms with Gasteiger partial charge in [-0.15, -0.1) is 0 Å². The van der Waals surface area contributed by atoms with Crippen molar-refractivity contribution in [3.8, 4) is 11.1 Å². The van der Waals surface area contributed by atoms with Crippen molar-refractivity contribution < 1.29 is 33.8 Å². The number of aliphatic carboxylic acids is 1. The molecule has 9 heteroatoms. The zero-order valence-electron chi connectivity index (χ0n) is 19.2. The topological polar surface area (TPSA) is 122 Å². The van der Waals surface area contributed by atoms with Gasteiger partial charge in [0.25, 0.3) is 0 Å². The quantitative estimate of drug-likeness (QED) is 0.514. The molecule has 1 unspecified atom stereocenters. The number of fused-ring (bicyclic) bond motifs is 3. The van der Waals surface area contributed by atoms with Gasteiger partial charge in [-0.25, -0.2) is 4.79 Å². The van der Waals surface area contributed by atoms with Gasteiger partial charge in [0.05, 0.1) is 13.0 Å². The summed E-state index contributed by atoms with van der Waals surface area (Å²) in [6, 6.07) is 14.3. The highest BCUT2D eigenvalue weighted by atomic mass is 16.5. The van der Waals surface area contributed by atoms with Crippen LogP contribution in [0.5, 0.6) is 0 Å². The van der Waals surface area contributed by atoms with Gasteiger partial charge in [0.15, 0.2) is 0 Å². The predicted molar refractivity (Wildman–Crippen MR) is 123 cm³/mol. The van der Waals surface area contributed by atoms with Crippen LogP contribution >= 0.6 is 0 Å². The van der Waals surface area contributed by atoms with Gasteiger partial charge < -0.3 is 24.8 Å². The van der Waals surface area contributed by atoms with E-state index in [-0.39, 0.29) is 32.2 Å². The molecular weight excluding hydrogens is 440 g/mol. The SMILES string of the molecule is CCOC(=O)CN(CC)C(=O)C(CC(=O)O)NC(=O)OCC1c2ccccc2-c2ccccc21. The molecule has 2 N–H and O–H groups in total. The minimum Gasteiger partial charge on any atom is -0.481 e. The van der Waals surface area contributed by atoms with E-state index in [4.69, 9.17) is 9.47 Å². The number of likely N-dealkylation sites (N-methyl/N-ethyl adjacent to an activating group) is 1. The molecule has 0 spiro atoms. The van der Waals surface area contributed by atoms with E-state index in [1.807, 2.05) is 48.5 Å². The maximum Gasteiger partial charge on any atom is 0.407 e. The highest BCUT2D eigenvalue weighted by Gasteiger charge is 2.32. The summed E-state index contributed by atoms with van der Waals surface area (Å²) in [4.78, 5) is 49.7. The predicted octanol–water partition coefficient (Wildman–Crippen LogP) is 2.78. The molecule has 180 valence electrons. The Morgan fingerprint density at radius 2 is 1.56 bits per heavy atom. The van der Waals surface area contributed by atoms with Crippen molar-refractivity contribution in [2.45, 2.75) is 32.2 Å². The van der Waals surface area contributed by atoms with E-state index in [9.17, 15) is 24.3 Å². The minimum absolute atomic E-state index is 0.0220. The lowest BCUT2D eigenvalue weighted by atomic mass is 9.98. The average Bonchev–Trinajstić information content (AvgIpc) is 3.14. The summed E-state index contributed by atoms with van der Waals surface area (Å²) in [6.45, 7) is 3.26. The van der Waals surface area contributed by atoms with E-state index < -0.39 is 36.4 Å². The Bertz CT molecular complexity index is 1020. The maximum absolute atomic E-state index is 12.9. The standard InChI is InChI=1S/C25H28N2O7/c1-3-27(14-23(30)33-4-2)24(31)21(13-22(28)29)26-25(32)34-15-20-18-11-7-5-9-16(18)17-10-6-8-12-19(17)20/h5-12,20-21H,3-4,13-15H2,1-2H3,(H,26,32)(H,28,29). The maximum atomic E-state index is 12.9. The Labute approximate surface area is 197 Å². The number of nitrogens with one attached hydrogen (secondary N) is 1. The Morgan fingerprint density at radius 1 is 0.971 bits per heavy atom. The smallest absolute Gasteiger partial charge is 0.407 e. The van der Waals surface area contributed by atoms with Gasteiger partial charge in [0.1, 0.15) is 19.2 Å². The second-order valence-electron chi connectivity index (χ2n) is 7.78. The van der Waals surface area contributed by atoms with E-state index in [1.54, 1.807) is 13.8 Å². The number of carbonyl (C=O) groups excluding carboxylic acids is 3. The first-order valence-corrected chi connectivity index (χ1v) is 11.1. The molecule has 0 radical (unpaired) electrons. The van der Waals surface area contributed by atoms with E-state index in [2.05, 4.69) is 5.32 Å². The number of carboxylic acids is 1. The third-order valence-corrected chi connectivity index (χ3v) is 5.63. The highest BCUT2D eigenvalue weighted by Crippen LogP contribution is 2.44. The monoisotopic (exact) mass is 468 g/mol. The first-order chi connectivity index (χ1) is 16.3. The lowest BCUT2D eigenvalue weighted by Gasteiger charge is -2.25. The highest BCUT2D eigenvalue weighted by molar-refractivity contribution is 5.91. The minimum atomic E-state index is -1.39. The molecule has 0 heterocycles. The second kappa shape index (κ2) is 11.3. The van der Waals surface area contributed by atoms with Crippen LogP contribution in [-0.2, 0) is 23.9 Å². The molecule has 1 atom stereocenters. The zero-order chi connectivity index (χ0) is 24.7. The van der Waals surface area contributed by atoms with Crippen molar-refractivity contribution in [1.82, 2.24) is 10.2 Å². The van der Waals surface area contributed by atoms with E-state index in [1.165, 1.54) is 0 Å². The Hall–Kier alpha value is -3.88. The van der Waals surface area contributed by atoms with Gasteiger partial charge in [0, 0.05) is 12.5 Å². The molecule has 2 aromatic carbocycles. The lowest BCUT2D eigenvalue weighted by molar-refractivity contribution is -0.150. The summed E-state index contributed by atoms with van der Waals surface area (Å²) in [5, 5.41) is 11.6. The number of ether oxygens (including phenoxy) is 2. The summed E-state index contributed by atoms with van der Waals surface area (Å²) < 4.78 is 10.3. The molecule has 0 fully saturated rings. The number of carboxylic acid groups (broad SMARTS) is 1. The van der Waals surface area contributed by atoms with Gasteiger partial charge in [-0.3, -0.25) is 14.4 Å². The van der Waals surface area contributed by atoms with Crippen molar-refractivity contribution in [2.75, 3.05) is 26.3 Å². The number of benzene rings is 2. The van der Waals surface area contributed by atoms with Crippen LogP contribution in [0.1, 0.15) is 37.3 Å². The van der Waals surface area contributed by atoms with E-state index in [0.29, 0.717) is 0 Å². The lowest BCUT2D eigenvalue weighted by Crippen LogP contribution is -2.51. The van der Waals surface area contributed by atoms with Gasteiger partial charge in [-0.1, -0.05) is 48.5 Å². The summed E-state index contributed by atoms with van der Waals surface area (Å²) in [7, 11) is 0. The van der Waals surface area contributed by atoms with E-state index in [0.717, 1.165) is 27.2 Å². The molecular formula is C25H28N2O7. The van der Waals surface area contributed by atoms with Crippen molar-refractivity contribution in [2.24, 2.45) is 0 Å². The molecule has 1 aliphatic rings. The molecule has 0 saturated heterocycles. The first-order valence-electron chi connectivity index (χ1n) is 11.1. The van der Waals surface area contributed by atoms with Crippen molar-refractivity contribution in [1.29, 1.82) is 0 Å². The van der Waals surface area contributed by atoms with Crippen LogP contribution < -0.4 is 5.32 Å². The molecule has 0 aliphatic heterocycles. The number of esters is 1. The second-order valence-corrected chi connectivity index (χ2v) is 7.78. The molecule has 0 aromatic heterocycles. The summed E-state index contributed by atoms with van der Waals surface area (Å²) in [6.07, 6.45) is -1.56. The van der Waals surface area contributed by atoms with Crippen LogP contribution in [-0.4, -0.2) is 66.3 Å².